The van der Waals surface area contributed by atoms with Crippen molar-refractivity contribution in [1.29, 1.82) is 0 Å². The molecule has 0 N–H and O–H groups in total. The standard InChI is InChI=1S/C13H10ClFO3S/c14-19(16,17)11-6-7-13(12(15)8-11)18-9-10-4-2-1-3-5-10/h1-8H,9H2. The molecule has 0 saturated heterocycles. The molecule has 0 unspecified atom stereocenters. The summed E-state index contributed by atoms with van der Waals surface area (Å²) in [5.74, 6) is -0.787. The van der Waals surface area contributed by atoms with Crippen LogP contribution >= 0.6 is 10.7 Å². The van der Waals surface area contributed by atoms with Crippen LogP contribution in [0, 0.1) is 5.82 Å². The molecule has 6 heteroatoms. The summed E-state index contributed by atoms with van der Waals surface area (Å²) in [6, 6.07) is 12.5. The zero-order chi connectivity index (χ0) is 13.9. The van der Waals surface area contributed by atoms with Crippen molar-refractivity contribution in [2.24, 2.45) is 0 Å². The summed E-state index contributed by atoms with van der Waals surface area (Å²) in [7, 11) is 1.19. The van der Waals surface area contributed by atoms with E-state index in [4.69, 9.17) is 15.4 Å². The van der Waals surface area contributed by atoms with Gasteiger partial charge < -0.3 is 4.74 Å². The number of ether oxygens (including phenoxy) is 1. The van der Waals surface area contributed by atoms with E-state index >= 15 is 0 Å². The van der Waals surface area contributed by atoms with Gasteiger partial charge in [0.15, 0.2) is 11.6 Å². The predicted molar refractivity (Wildman–Crippen MR) is 70.2 cm³/mol. The lowest BCUT2D eigenvalue weighted by molar-refractivity contribution is 0.290. The maximum atomic E-state index is 13.6. The number of halogens is 2. The third kappa shape index (κ3) is 3.68. The van der Waals surface area contributed by atoms with Gasteiger partial charge in [0.1, 0.15) is 6.61 Å². The Morgan fingerprint density at radius 2 is 1.79 bits per heavy atom. The fourth-order valence-electron chi connectivity index (χ4n) is 1.49. The summed E-state index contributed by atoms with van der Waals surface area (Å²) in [6.07, 6.45) is 0. The Kier molecular flexibility index (Phi) is 4.07. The molecule has 0 aliphatic heterocycles. The van der Waals surface area contributed by atoms with Crippen LogP contribution in [-0.4, -0.2) is 8.42 Å². The van der Waals surface area contributed by atoms with Gasteiger partial charge >= 0.3 is 0 Å². The molecule has 100 valence electrons. The van der Waals surface area contributed by atoms with Crippen LogP contribution in [0.25, 0.3) is 0 Å². The fraction of sp³-hybridized carbons (Fsp3) is 0.0769. The van der Waals surface area contributed by atoms with Gasteiger partial charge in [0, 0.05) is 10.7 Å². The molecular formula is C13H10ClFO3S. The SMILES string of the molecule is O=S(=O)(Cl)c1ccc(OCc2ccccc2)c(F)c1. The van der Waals surface area contributed by atoms with E-state index in [1.807, 2.05) is 30.3 Å². The molecule has 2 rings (SSSR count). The molecule has 3 nitrogen and oxygen atoms in total. The highest BCUT2D eigenvalue weighted by atomic mass is 35.7. The van der Waals surface area contributed by atoms with Gasteiger partial charge in [-0.3, -0.25) is 0 Å². The topological polar surface area (TPSA) is 43.4 Å². The van der Waals surface area contributed by atoms with Gasteiger partial charge in [0.05, 0.1) is 4.90 Å². The van der Waals surface area contributed by atoms with Gasteiger partial charge in [-0.2, -0.15) is 0 Å². The lowest BCUT2D eigenvalue weighted by atomic mass is 10.2. The minimum atomic E-state index is -3.93. The van der Waals surface area contributed by atoms with Gasteiger partial charge in [0.2, 0.25) is 0 Å². The lowest BCUT2D eigenvalue weighted by Gasteiger charge is -2.07. The zero-order valence-corrected chi connectivity index (χ0v) is 11.3. The predicted octanol–water partition coefficient (Wildman–Crippen LogP) is 3.33. The summed E-state index contributed by atoms with van der Waals surface area (Å²) in [4.78, 5) is -0.293. The number of hydrogen-bond donors (Lipinski definition) is 0. The normalized spacial score (nSPS) is 11.3. The van der Waals surface area contributed by atoms with E-state index in [0.29, 0.717) is 0 Å². The zero-order valence-electron chi connectivity index (χ0n) is 9.71. The molecule has 19 heavy (non-hydrogen) atoms. The van der Waals surface area contributed by atoms with Crippen LogP contribution in [0.4, 0.5) is 4.39 Å². The number of benzene rings is 2. The molecule has 0 saturated carbocycles. The van der Waals surface area contributed by atoms with Crippen LogP contribution in [0.15, 0.2) is 53.4 Å². The molecule has 0 spiro atoms. The summed E-state index contributed by atoms with van der Waals surface area (Å²) in [5, 5.41) is 0. The third-order valence-corrected chi connectivity index (χ3v) is 3.77. The first-order chi connectivity index (χ1) is 8.97. The summed E-state index contributed by atoms with van der Waals surface area (Å²) in [6.45, 7) is 0.199. The van der Waals surface area contributed by atoms with Gasteiger partial charge in [0.25, 0.3) is 9.05 Å². The molecule has 0 fully saturated rings. The largest absolute Gasteiger partial charge is 0.486 e. The van der Waals surface area contributed by atoms with Crippen molar-refractivity contribution >= 4 is 19.7 Å². The second kappa shape index (κ2) is 5.59. The highest BCUT2D eigenvalue weighted by molar-refractivity contribution is 8.13. The molecular weight excluding hydrogens is 291 g/mol. The quantitative estimate of drug-likeness (QED) is 0.814. The Labute approximate surface area is 115 Å². The van der Waals surface area contributed by atoms with Crippen molar-refractivity contribution in [3.05, 3.63) is 59.9 Å². The minimum absolute atomic E-state index is 0.0204. The molecule has 2 aromatic rings. The molecule has 0 bridgehead atoms. The molecule has 0 heterocycles. The Hall–Kier alpha value is -1.59. The second-order valence-corrected chi connectivity index (χ2v) is 6.37. The van der Waals surface area contributed by atoms with E-state index < -0.39 is 14.9 Å². The van der Waals surface area contributed by atoms with E-state index in [1.165, 1.54) is 12.1 Å². The van der Waals surface area contributed by atoms with Crippen molar-refractivity contribution in [2.45, 2.75) is 11.5 Å². The molecule has 0 atom stereocenters. The highest BCUT2D eigenvalue weighted by Gasteiger charge is 2.13. The van der Waals surface area contributed by atoms with E-state index in [-0.39, 0.29) is 17.3 Å². The van der Waals surface area contributed by atoms with Crippen molar-refractivity contribution in [3.63, 3.8) is 0 Å². The van der Waals surface area contributed by atoms with Crippen LogP contribution in [0.1, 0.15) is 5.56 Å². The average molecular weight is 301 g/mol. The highest BCUT2D eigenvalue weighted by Crippen LogP contribution is 2.23. The Balaban J connectivity index is 2.14. The van der Waals surface area contributed by atoms with Gasteiger partial charge in [-0.1, -0.05) is 30.3 Å². The summed E-state index contributed by atoms with van der Waals surface area (Å²) >= 11 is 0. The molecule has 0 aromatic heterocycles. The Morgan fingerprint density at radius 3 is 2.37 bits per heavy atom. The average Bonchev–Trinajstić information content (AvgIpc) is 2.37. The summed E-state index contributed by atoms with van der Waals surface area (Å²) < 4.78 is 41.0. The van der Waals surface area contributed by atoms with E-state index in [9.17, 15) is 12.8 Å². The van der Waals surface area contributed by atoms with Gasteiger partial charge in [-0.05, 0) is 23.8 Å². The van der Waals surface area contributed by atoms with Gasteiger partial charge in [-0.15, -0.1) is 0 Å². The van der Waals surface area contributed by atoms with Crippen molar-refractivity contribution < 1.29 is 17.5 Å². The summed E-state index contributed by atoms with van der Waals surface area (Å²) in [5.41, 5.74) is 0.885. The maximum Gasteiger partial charge on any atom is 0.261 e. The minimum Gasteiger partial charge on any atom is -0.486 e. The molecule has 0 aliphatic rings. The maximum absolute atomic E-state index is 13.6. The fourth-order valence-corrected chi connectivity index (χ4v) is 2.25. The third-order valence-electron chi connectivity index (χ3n) is 2.42. The Morgan fingerprint density at radius 1 is 1.11 bits per heavy atom. The van der Waals surface area contributed by atoms with Crippen LogP contribution in [0.5, 0.6) is 5.75 Å². The first-order valence-corrected chi connectivity index (χ1v) is 7.69. The smallest absolute Gasteiger partial charge is 0.261 e. The van der Waals surface area contributed by atoms with Crippen molar-refractivity contribution in [2.75, 3.05) is 0 Å². The molecule has 2 aromatic carbocycles. The van der Waals surface area contributed by atoms with E-state index in [2.05, 4.69) is 0 Å². The molecule has 0 aliphatic carbocycles. The van der Waals surface area contributed by atoms with Gasteiger partial charge in [-0.25, -0.2) is 12.8 Å². The first-order valence-electron chi connectivity index (χ1n) is 5.38. The van der Waals surface area contributed by atoms with Crippen LogP contribution in [0.3, 0.4) is 0 Å². The van der Waals surface area contributed by atoms with Crippen molar-refractivity contribution in [1.82, 2.24) is 0 Å². The lowest BCUT2D eigenvalue weighted by Crippen LogP contribution is -1.99. The van der Waals surface area contributed by atoms with Crippen molar-refractivity contribution in [3.8, 4) is 5.75 Å². The Bertz CT molecular complexity index is 672. The second-order valence-electron chi connectivity index (χ2n) is 3.80. The number of rotatable bonds is 4. The van der Waals surface area contributed by atoms with Crippen LogP contribution < -0.4 is 4.74 Å². The van der Waals surface area contributed by atoms with Crippen LogP contribution in [-0.2, 0) is 15.7 Å². The van der Waals surface area contributed by atoms with E-state index in [0.717, 1.165) is 11.6 Å². The number of hydrogen-bond acceptors (Lipinski definition) is 3. The first kappa shape index (κ1) is 13.8. The monoisotopic (exact) mass is 300 g/mol. The molecule has 0 amide bonds. The van der Waals surface area contributed by atoms with Crippen LogP contribution in [0.2, 0.25) is 0 Å². The van der Waals surface area contributed by atoms with E-state index in [1.54, 1.807) is 0 Å². The molecule has 0 radical (unpaired) electrons.